The predicted molar refractivity (Wildman–Crippen MR) is 96.7 cm³/mol. The molecule has 136 valence electrons. The Balaban J connectivity index is 1.91. The molecule has 0 aliphatic carbocycles. The van der Waals surface area contributed by atoms with Crippen LogP contribution in [0.15, 0.2) is 54.6 Å². The molecule has 1 amide bonds. The average molecular weight is 355 g/mol. The number of benzene rings is 2. The van der Waals surface area contributed by atoms with Gasteiger partial charge < -0.3 is 9.64 Å². The Hall–Kier alpha value is -2.69. The first-order chi connectivity index (χ1) is 12.6. The first-order valence-electron chi connectivity index (χ1n) is 8.84. The molecule has 1 aliphatic heterocycles. The van der Waals surface area contributed by atoms with E-state index >= 15 is 0 Å². The van der Waals surface area contributed by atoms with E-state index in [0.29, 0.717) is 38.1 Å². The number of rotatable bonds is 4. The summed E-state index contributed by atoms with van der Waals surface area (Å²) in [6, 6.07) is 15.3. The molecule has 1 saturated heterocycles. The first-order valence-corrected chi connectivity index (χ1v) is 8.84. The third kappa shape index (κ3) is 3.47. The number of ketones is 1. The average Bonchev–Trinajstić information content (AvgIpc) is 2.69. The summed E-state index contributed by atoms with van der Waals surface area (Å²) in [5.74, 6) is -0.403. The number of hydrogen-bond donors (Lipinski definition) is 0. The largest absolute Gasteiger partial charge is 0.450 e. The van der Waals surface area contributed by atoms with E-state index in [1.807, 2.05) is 30.3 Å². The van der Waals surface area contributed by atoms with Crippen LogP contribution in [0, 0.1) is 5.82 Å². The van der Waals surface area contributed by atoms with Crippen LogP contribution in [0.25, 0.3) is 0 Å². The van der Waals surface area contributed by atoms with Crippen LogP contribution in [0.4, 0.5) is 9.18 Å². The minimum absolute atomic E-state index is 0.0350. The van der Waals surface area contributed by atoms with Gasteiger partial charge >= 0.3 is 6.09 Å². The van der Waals surface area contributed by atoms with Gasteiger partial charge in [0.1, 0.15) is 5.82 Å². The Bertz CT molecular complexity index is 766. The van der Waals surface area contributed by atoms with E-state index < -0.39 is 5.41 Å². The monoisotopic (exact) mass is 355 g/mol. The van der Waals surface area contributed by atoms with Gasteiger partial charge in [-0.25, -0.2) is 9.18 Å². The summed E-state index contributed by atoms with van der Waals surface area (Å²) in [4.78, 5) is 27.0. The maximum atomic E-state index is 13.4. The summed E-state index contributed by atoms with van der Waals surface area (Å²) >= 11 is 0. The van der Waals surface area contributed by atoms with Gasteiger partial charge in [0.15, 0.2) is 5.78 Å². The quantitative estimate of drug-likeness (QED) is 0.772. The summed E-state index contributed by atoms with van der Waals surface area (Å²) in [7, 11) is 0. The predicted octanol–water partition coefficient (Wildman–Crippen LogP) is 4.20. The van der Waals surface area contributed by atoms with Crippen LogP contribution in [-0.2, 0) is 10.2 Å². The number of piperidine rings is 1. The van der Waals surface area contributed by atoms with Crippen molar-refractivity contribution in [3.8, 4) is 0 Å². The standard InChI is InChI=1S/C21H22FNO3/c1-2-26-20(25)23-14-12-21(13-15-23,17-6-4-3-5-7-17)19(24)16-8-10-18(22)11-9-16/h3-11H,2,12-15H2,1H3. The van der Waals surface area contributed by atoms with E-state index in [0.717, 1.165) is 5.56 Å². The molecule has 0 atom stereocenters. The lowest BCUT2D eigenvalue weighted by molar-refractivity contribution is 0.0684. The highest BCUT2D eigenvalue weighted by Crippen LogP contribution is 2.38. The molecule has 5 heteroatoms. The number of likely N-dealkylation sites (tertiary alicyclic amines) is 1. The van der Waals surface area contributed by atoms with Crippen LogP contribution >= 0.6 is 0 Å². The fraction of sp³-hybridized carbons (Fsp3) is 0.333. The van der Waals surface area contributed by atoms with Crippen molar-refractivity contribution in [3.05, 3.63) is 71.5 Å². The highest BCUT2D eigenvalue weighted by Gasteiger charge is 2.44. The molecular formula is C21H22FNO3. The topological polar surface area (TPSA) is 46.6 Å². The van der Waals surface area contributed by atoms with E-state index in [9.17, 15) is 14.0 Å². The lowest BCUT2D eigenvalue weighted by Gasteiger charge is -2.40. The van der Waals surface area contributed by atoms with Crippen molar-refractivity contribution >= 4 is 11.9 Å². The van der Waals surface area contributed by atoms with Gasteiger partial charge in [0, 0.05) is 18.7 Å². The minimum Gasteiger partial charge on any atom is -0.450 e. The Labute approximate surface area is 152 Å². The molecule has 0 aromatic heterocycles. The molecule has 0 N–H and O–H groups in total. The number of nitrogens with zero attached hydrogens (tertiary/aromatic N) is 1. The zero-order valence-electron chi connectivity index (χ0n) is 14.8. The molecule has 1 aliphatic rings. The van der Waals surface area contributed by atoms with Crippen LogP contribution in [0.3, 0.4) is 0 Å². The summed E-state index contributed by atoms with van der Waals surface area (Å²) in [6.07, 6.45) is 0.668. The number of carbonyl (C=O) groups excluding carboxylic acids is 2. The molecular weight excluding hydrogens is 333 g/mol. The molecule has 1 heterocycles. The number of Topliss-reactive ketones (excluding diaryl/α,β-unsaturated/α-hetero) is 1. The molecule has 4 nitrogen and oxygen atoms in total. The van der Waals surface area contributed by atoms with Crippen molar-refractivity contribution < 1.29 is 18.7 Å². The molecule has 0 unspecified atom stereocenters. The Morgan fingerprint density at radius 3 is 2.23 bits per heavy atom. The fourth-order valence-corrected chi connectivity index (χ4v) is 3.57. The smallest absolute Gasteiger partial charge is 0.409 e. The third-order valence-electron chi connectivity index (χ3n) is 5.01. The van der Waals surface area contributed by atoms with Gasteiger partial charge in [-0.15, -0.1) is 0 Å². The fourth-order valence-electron chi connectivity index (χ4n) is 3.57. The van der Waals surface area contributed by atoms with Crippen LogP contribution in [0.5, 0.6) is 0 Å². The van der Waals surface area contributed by atoms with Gasteiger partial charge in [-0.05, 0) is 49.6 Å². The van der Waals surface area contributed by atoms with Gasteiger partial charge in [-0.2, -0.15) is 0 Å². The Morgan fingerprint density at radius 2 is 1.65 bits per heavy atom. The van der Waals surface area contributed by atoms with E-state index in [4.69, 9.17) is 4.74 Å². The second kappa shape index (κ2) is 7.68. The second-order valence-electron chi connectivity index (χ2n) is 6.47. The van der Waals surface area contributed by atoms with Crippen molar-refractivity contribution in [1.82, 2.24) is 4.90 Å². The zero-order chi connectivity index (χ0) is 18.6. The number of halogens is 1. The Morgan fingerprint density at radius 1 is 1.04 bits per heavy atom. The summed E-state index contributed by atoms with van der Waals surface area (Å²) in [6.45, 7) is 2.99. The maximum absolute atomic E-state index is 13.4. The summed E-state index contributed by atoms with van der Waals surface area (Å²) in [5.41, 5.74) is 0.694. The van der Waals surface area contributed by atoms with Gasteiger partial charge in [0.05, 0.1) is 12.0 Å². The van der Waals surface area contributed by atoms with Gasteiger partial charge in [-0.3, -0.25) is 4.79 Å². The van der Waals surface area contributed by atoms with Crippen molar-refractivity contribution in [2.24, 2.45) is 0 Å². The number of hydrogen-bond acceptors (Lipinski definition) is 3. The lowest BCUT2D eigenvalue weighted by atomic mass is 9.68. The van der Waals surface area contributed by atoms with Crippen molar-refractivity contribution in [2.75, 3.05) is 19.7 Å². The second-order valence-corrected chi connectivity index (χ2v) is 6.47. The normalized spacial score (nSPS) is 16.2. The van der Waals surface area contributed by atoms with Crippen molar-refractivity contribution in [3.63, 3.8) is 0 Å². The van der Waals surface area contributed by atoms with E-state index in [1.54, 1.807) is 11.8 Å². The minimum atomic E-state index is -0.720. The van der Waals surface area contributed by atoms with Crippen LogP contribution in [0.2, 0.25) is 0 Å². The third-order valence-corrected chi connectivity index (χ3v) is 5.01. The van der Waals surface area contributed by atoms with Gasteiger partial charge in [0.25, 0.3) is 0 Å². The van der Waals surface area contributed by atoms with Gasteiger partial charge in [-0.1, -0.05) is 30.3 Å². The SMILES string of the molecule is CCOC(=O)N1CCC(C(=O)c2ccc(F)cc2)(c2ccccc2)CC1. The lowest BCUT2D eigenvalue weighted by Crippen LogP contribution is -2.49. The number of carbonyl (C=O) groups is 2. The number of amides is 1. The van der Waals surface area contributed by atoms with Crippen molar-refractivity contribution in [2.45, 2.75) is 25.2 Å². The molecule has 26 heavy (non-hydrogen) atoms. The van der Waals surface area contributed by atoms with Crippen molar-refractivity contribution in [1.29, 1.82) is 0 Å². The molecule has 2 aromatic rings. The highest BCUT2D eigenvalue weighted by atomic mass is 19.1. The van der Waals surface area contributed by atoms with E-state index in [1.165, 1.54) is 24.3 Å². The van der Waals surface area contributed by atoms with Crippen LogP contribution in [-0.4, -0.2) is 36.5 Å². The van der Waals surface area contributed by atoms with E-state index in [-0.39, 0.29) is 17.7 Å². The molecule has 3 rings (SSSR count). The summed E-state index contributed by atoms with van der Waals surface area (Å²) < 4.78 is 18.3. The molecule has 2 aromatic carbocycles. The van der Waals surface area contributed by atoms with Gasteiger partial charge in [0.2, 0.25) is 0 Å². The molecule has 0 radical (unpaired) electrons. The first kappa shape index (κ1) is 18.1. The van der Waals surface area contributed by atoms with E-state index in [2.05, 4.69) is 0 Å². The molecule has 1 fully saturated rings. The van der Waals surface area contributed by atoms with Crippen LogP contribution in [0.1, 0.15) is 35.7 Å². The maximum Gasteiger partial charge on any atom is 0.409 e. The number of ether oxygens (including phenoxy) is 1. The van der Waals surface area contributed by atoms with Crippen LogP contribution < -0.4 is 0 Å². The highest BCUT2D eigenvalue weighted by molar-refractivity contribution is 6.04. The molecule has 0 spiro atoms. The summed E-state index contributed by atoms with van der Waals surface area (Å²) in [5, 5.41) is 0. The molecule has 0 bridgehead atoms. The zero-order valence-corrected chi connectivity index (χ0v) is 14.8. The molecule has 0 saturated carbocycles. The Kier molecular flexibility index (Phi) is 5.35.